The fourth-order valence-corrected chi connectivity index (χ4v) is 3.05. The summed E-state index contributed by atoms with van der Waals surface area (Å²) in [5, 5.41) is 0. The number of benzene rings is 3. The first-order valence-electron chi connectivity index (χ1n) is 7.99. The van der Waals surface area contributed by atoms with Gasteiger partial charge in [-0.25, -0.2) is 0 Å². The molecule has 0 aliphatic carbocycles. The topological polar surface area (TPSA) is 52.0 Å². The number of anilines is 2. The number of hydrogen-bond donors (Lipinski definition) is 2. The van der Waals surface area contributed by atoms with Crippen molar-refractivity contribution in [2.75, 3.05) is 11.5 Å². The molecular weight excluding hydrogens is 280 g/mol. The molecule has 0 saturated heterocycles. The van der Waals surface area contributed by atoms with Crippen molar-refractivity contribution in [3.8, 4) is 11.1 Å². The summed E-state index contributed by atoms with van der Waals surface area (Å²) in [7, 11) is 0. The zero-order valence-electron chi connectivity index (χ0n) is 13.4. The molecule has 1 atom stereocenters. The van der Waals surface area contributed by atoms with Gasteiger partial charge in [-0.2, -0.15) is 0 Å². The monoisotopic (exact) mass is 302 g/mol. The Kier molecular flexibility index (Phi) is 4.33. The van der Waals surface area contributed by atoms with Gasteiger partial charge in [0.25, 0.3) is 0 Å². The molecule has 116 valence electrons. The summed E-state index contributed by atoms with van der Waals surface area (Å²) >= 11 is 0. The van der Waals surface area contributed by atoms with Gasteiger partial charge in [0.1, 0.15) is 0 Å². The van der Waals surface area contributed by atoms with Crippen molar-refractivity contribution in [2.24, 2.45) is 0 Å². The van der Waals surface area contributed by atoms with Crippen LogP contribution >= 0.6 is 0 Å². The van der Waals surface area contributed by atoms with E-state index in [4.69, 9.17) is 11.5 Å². The molecule has 0 radical (unpaired) electrons. The minimum absolute atomic E-state index is 0.346. The van der Waals surface area contributed by atoms with Crippen LogP contribution in [0.3, 0.4) is 0 Å². The van der Waals surface area contributed by atoms with Crippen molar-refractivity contribution in [2.45, 2.75) is 19.3 Å². The van der Waals surface area contributed by atoms with Crippen LogP contribution < -0.4 is 11.5 Å². The van der Waals surface area contributed by atoms with Crippen LogP contribution in [0.4, 0.5) is 11.4 Å². The number of rotatable bonds is 4. The Morgan fingerprint density at radius 1 is 0.783 bits per heavy atom. The minimum Gasteiger partial charge on any atom is -0.399 e. The lowest BCUT2D eigenvalue weighted by Crippen LogP contribution is -2.02. The van der Waals surface area contributed by atoms with Crippen LogP contribution in [0.2, 0.25) is 0 Å². The van der Waals surface area contributed by atoms with Crippen LogP contribution in [-0.2, 0) is 0 Å². The zero-order chi connectivity index (χ0) is 16.2. The highest BCUT2D eigenvalue weighted by atomic mass is 14.6. The van der Waals surface area contributed by atoms with Crippen molar-refractivity contribution in [3.63, 3.8) is 0 Å². The van der Waals surface area contributed by atoms with Gasteiger partial charge in [0.05, 0.1) is 0 Å². The summed E-state index contributed by atoms with van der Waals surface area (Å²) in [6.07, 6.45) is 1.03. The number of nitrogens with two attached hydrogens (primary N) is 2. The number of nitrogen functional groups attached to an aromatic ring is 2. The fraction of sp³-hybridized carbons (Fsp3) is 0.143. The van der Waals surface area contributed by atoms with Crippen LogP contribution in [0.15, 0.2) is 72.8 Å². The molecule has 0 saturated carbocycles. The molecule has 0 aliphatic rings. The summed E-state index contributed by atoms with van der Waals surface area (Å²) in [5.74, 6) is 0.346. The largest absolute Gasteiger partial charge is 0.399 e. The van der Waals surface area contributed by atoms with E-state index in [1.165, 1.54) is 11.1 Å². The molecule has 3 aromatic carbocycles. The van der Waals surface area contributed by atoms with Gasteiger partial charge in [0.2, 0.25) is 0 Å². The maximum Gasteiger partial charge on any atom is 0.0393 e. The highest BCUT2D eigenvalue weighted by Gasteiger charge is 2.14. The average molecular weight is 302 g/mol. The average Bonchev–Trinajstić information content (AvgIpc) is 2.59. The van der Waals surface area contributed by atoms with Gasteiger partial charge in [0.15, 0.2) is 0 Å². The quantitative estimate of drug-likeness (QED) is 0.662. The number of hydrogen-bond acceptors (Lipinski definition) is 2. The predicted molar refractivity (Wildman–Crippen MR) is 99.3 cm³/mol. The van der Waals surface area contributed by atoms with E-state index in [2.05, 4.69) is 43.3 Å². The molecule has 2 heteroatoms. The Labute approximate surface area is 137 Å². The third kappa shape index (κ3) is 3.21. The second-order valence-electron chi connectivity index (χ2n) is 5.84. The SMILES string of the molecule is CCC(c1ccc(N)cc1)c1ccc(N)c(-c2ccccc2)c1. The van der Waals surface area contributed by atoms with Gasteiger partial charge < -0.3 is 11.5 Å². The molecule has 0 aliphatic heterocycles. The zero-order valence-corrected chi connectivity index (χ0v) is 13.4. The van der Waals surface area contributed by atoms with E-state index < -0.39 is 0 Å². The van der Waals surface area contributed by atoms with E-state index in [0.29, 0.717) is 5.92 Å². The molecule has 23 heavy (non-hydrogen) atoms. The summed E-state index contributed by atoms with van der Waals surface area (Å²) in [6.45, 7) is 2.21. The molecule has 0 aromatic heterocycles. The van der Waals surface area contributed by atoms with Gasteiger partial charge in [-0.3, -0.25) is 0 Å². The highest BCUT2D eigenvalue weighted by molar-refractivity contribution is 5.77. The van der Waals surface area contributed by atoms with Gasteiger partial charge >= 0.3 is 0 Å². The molecule has 0 spiro atoms. The van der Waals surface area contributed by atoms with Gasteiger partial charge in [0, 0.05) is 22.9 Å². The third-order valence-corrected chi connectivity index (χ3v) is 4.31. The third-order valence-electron chi connectivity index (χ3n) is 4.31. The standard InChI is InChI=1S/C21H22N2/c1-2-19(16-8-11-18(22)12-9-16)17-10-13-21(23)20(14-17)15-6-4-3-5-7-15/h3-14,19H,2,22-23H2,1H3. The lowest BCUT2D eigenvalue weighted by Gasteiger charge is -2.18. The smallest absolute Gasteiger partial charge is 0.0393 e. The van der Waals surface area contributed by atoms with Gasteiger partial charge in [-0.1, -0.05) is 55.5 Å². The molecule has 1 unspecified atom stereocenters. The normalized spacial score (nSPS) is 12.0. The lowest BCUT2D eigenvalue weighted by atomic mass is 9.87. The summed E-state index contributed by atoms with van der Waals surface area (Å²) < 4.78 is 0. The Hall–Kier alpha value is -2.74. The van der Waals surface area contributed by atoms with E-state index in [0.717, 1.165) is 28.9 Å². The maximum absolute atomic E-state index is 6.21. The molecule has 4 N–H and O–H groups in total. The first-order chi connectivity index (χ1) is 11.2. The van der Waals surface area contributed by atoms with Crippen molar-refractivity contribution < 1.29 is 0 Å². The van der Waals surface area contributed by atoms with Crippen LogP contribution in [0.1, 0.15) is 30.4 Å². The first-order valence-corrected chi connectivity index (χ1v) is 7.99. The molecule has 2 nitrogen and oxygen atoms in total. The lowest BCUT2D eigenvalue weighted by molar-refractivity contribution is 0.778. The van der Waals surface area contributed by atoms with Crippen molar-refractivity contribution in [3.05, 3.63) is 83.9 Å². The van der Waals surface area contributed by atoms with Gasteiger partial charge in [-0.15, -0.1) is 0 Å². The van der Waals surface area contributed by atoms with Crippen LogP contribution in [0.5, 0.6) is 0 Å². The fourth-order valence-electron chi connectivity index (χ4n) is 3.05. The minimum atomic E-state index is 0.346. The maximum atomic E-state index is 6.21. The molecule has 0 amide bonds. The summed E-state index contributed by atoms with van der Waals surface area (Å²) in [4.78, 5) is 0. The highest BCUT2D eigenvalue weighted by Crippen LogP contribution is 2.34. The first kappa shape index (κ1) is 15.2. The summed E-state index contributed by atoms with van der Waals surface area (Å²) in [5.41, 5.74) is 18.4. The van der Waals surface area contributed by atoms with Crippen LogP contribution in [0, 0.1) is 0 Å². The molecular formula is C21H22N2. The Morgan fingerprint density at radius 2 is 1.43 bits per heavy atom. The molecule has 3 aromatic rings. The molecule has 3 rings (SSSR count). The Balaban J connectivity index is 2.03. The van der Waals surface area contributed by atoms with E-state index in [-0.39, 0.29) is 0 Å². The molecule has 0 fully saturated rings. The van der Waals surface area contributed by atoms with Crippen molar-refractivity contribution in [1.29, 1.82) is 0 Å². The van der Waals surface area contributed by atoms with Crippen LogP contribution in [-0.4, -0.2) is 0 Å². The molecule has 0 bridgehead atoms. The van der Waals surface area contributed by atoms with E-state index in [9.17, 15) is 0 Å². The second kappa shape index (κ2) is 6.57. The van der Waals surface area contributed by atoms with E-state index >= 15 is 0 Å². The predicted octanol–water partition coefficient (Wildman–Crippen LogP) is 5.06. The van der Waals surface area contributed by atoms with Crippen LogP contribution in [0.25, 0.3) is 11.1 Å². The van der Waals surface area contributed by atoms with Gasteiger partial charge in [-0.05, 0) is 47.4 Å². The Bertz CT molecular complexity index is 777. The molecule has 0 heterocycles. The Morgan fingerprint density at radius 3 is 2.09 bits per heavy atom. The summed E-state index contributed by atoms with van der Waals surface area (Å²) in [6, 6.07) is 24.8. The van der Waals surface area contributed by atoms with E-state index in [1.807, 2.05) is 36.4 Å². The van der Waals surface area contributed by atoms with Crippen molar-refractivity contribution in [1.82, 2.24) is 0 Å². The second-order valence-corrected chi connectivity index (χ2v) is 5.84. The van der Waals surface area contributed by atoms with Crippen molar-refractivity contribution >= 4 is 11.4 Å². The van der Waals surface area contributed by atoms with E-state index in [1.54, 1.807) is 0 Å².